The number of anilines is 1. The minimum atomic E-state index is -0.0949. The third kappa shape index (κ3) is 3.44. The molecule has 1 aliphatic rings. The van der Waals surface area contributed by atoms with Gasteiger partial charge in [0.15, 0.2) is 11.5 Å². The molecule has 2 aromatic rings. The molecule has 1 amide bonds. The zero-order valence-electron chi connectivity index (χ0n) is 11.1. The first-order valence-electron chi connectivity index (χ1n) is 6.51. The van der Waals surface area contributed by atoms with Crippen molar-refractivity contribution in [2.45, 2.75) is 12.8 Å². The summed E-state index contributed by atoms with van der Waals surface area (Å²) in [5, 5.41) is 3.26. The molecule has 1 N–H and O–H groups in total. The van der Waals surface area contributed by atoms with Gasteiger partial charge in [0.25, 0.3) is 0 Å². The Morgan fingerprint density at radius 3 is 2.90 bits per heavy atom. The molecule has 0 saturated carbocycles. The highest BCUT2D eigenvalue weighted by Gasteiger charge is 2.13. The predicted molar refractivity (Wildman–Crippen MR) is 78.8 cm³/mol. The Kier molecular flexibility index (Phi) is 3.92. The van der Waals surface area contributed by atoms with Crippen molar-refractivity contribution in [1.29, 1.82) is 0 Å². The molecule has 1 aromatic carbocycles. The zero-order chi connectivity index (χ0) is 14.7. The number of carbonyl (C=O) groups is 1. The maximum absolute atomic E-state index is 11.9. The normalized spacial score (nSPS) is 12.2. The molecule has 6 heteroatoms. The number of halogens is 1. The summed E-state index contributed by atoms with van der Waals surface area (Å²) >= 11 is 5.74. The van der Waals surface area contributed by atoms with Gasteiger partial charge in [-0.05, 0) is 36.2 Å². The number of pyridine rings is 1. The second-order valence-electron chi connectivity index (χ2n) is 4.60. The van der Waals surface area contributed by atoms with Crippen molar-refractivity contribution in [2.75, 3.05) is 12.1 Å². The van der Waals surface area contributed by atoms with Gasteiger partial charge < -0.3 is 14.8 Å². The fraction of sp³-hybridized carbons (Fsp3) is 0.200. The van der Waals surface area contributed by atoms with Gasteiger partial charge in [0.05, 0.1) is 5.02 Å². The zero-order valence-corrected chi connectivity index (χ0v) is 11.9. The number of nitrogens with one attached hydrogen (secondary N) is 1. The van der Waals surface area contributed by atoms with Crippen LogP contribution in [-0.4, -0.2) is 17.7 Å². The van der Waals surface area contributed by atoms with Crippen LogP contribution >= 0.6 is 11.6 Å². The molecule has 0 spiro atoms. The summed E-state index contributed by atoms with van der Waals surface area (Å²) in [5.74, 6) is 1.87. The lowest BCUT2D eigenvalue weighted by Crippen LogP contribution is -2.13. The summed E-state index contributed by atoms with van der Waals surface area (Å²) in [6.45, 7) is 0.251. The van der Waals surface area contributed by atoms with E-state index in [-0.39, 0.29) is 12.7 Å². The molecule has 5 nitrogen and oxygen atoms in total. The molecule has 108 valence electrons. The quantitative estimate of drug-likeness (QED) is 0.943. The largest absolute Gasteiger partial charge is 0.454 e. The predicted octanol–water partition coefficient (Wildman–Crippen LogP) is 3.04. The fourth-order valence-corrected chi connectivity index (χ4v) is 2.12. The number of amides is 1. The summed E-state index contributed by atoms with van der Waals surface area (Å²) in [7, 11) is 0. The summed E-state index contributed by atoms with van der Waals surface area (Å²) in [6, 6.07) is 9.04. The number of carbonyl (C=O) groups excluding carboxylic acids is 1. The monoisotopic (exact) mass is 304 g/mol. The molecule has 0 saturated heterocycles. The number of nitrogens with zero attached hydrogens (tertiary/aromatic N) is 1. The standard InChI is InChI=1S/C15H13ClN2O3/c16-11-3-5-14(17-8-11)18-15(19)6-2-10-1-4-12-13(7-10)21-9-20-12/h1,3-5,7-8H,2,6,9H2,(H,17,18,19). The number of hydrogen-bond acceptors (Lipinski definition) is 4. The average molecular weight is 305 g/mol. The second kappa shape index (κ2) is 6.01. The van der Waals surface area contributed by atoms with Gasteiger partial charge >= 0.3 is 0 Å². The van der Waals surface area contributed by atoms with Crippen LogP contribution in [0.1, 0.15) is 12.0 Å². The molecule has 0 bridgehead atoms. The topological polar surface area (TPSA) is 60.5 Å². The smallest absolute Gasteiger partial charge is 0.231 e. The highest BCUT2D eigenvalue weighted by atomic mass is 35.5. The SMILES string of the molecule is O=C(CCc1ccc2c(c1)OCO2)Nc1ccc(Cl)cn1. The fourth-order valence-electron chi connectivity index (χ4n) is 2.01. The van der Waals surface area contributed by atoms with Crippen LogP contribution in [0.2, 0.25) is 5.02 Å². The van der Waals surface area contributed by atoms with E-state index >= 15 is 0 Å². The van der Waals surface area contributed by atoms with Gasteiger partial charge in [0.1, 0.15) is 5.82 Å². The van der Waals surface area contributed by atoms with Crippen LogP contribution < -0.4 is 14.8 Å². The van der Waals surface area contributed by atoms with Crippen LogP contribution in [-0.2, 0) is 11.2 Å². The Balaban J connectivity index is 1.55. The van der Waals surface area contributed by atoms with Crippen molar-refractivity contribution in [1.82, 2.24) is 4.98 Å². The number of aryl methyl sites for hydroxylation is 1. The van der Waals surface area contributed by atoms with Gasteiger partial charge in [-0.1, -0.05) is 17.7 Å². The van der Waals surface area contributed by atoms with Crippen molar-refractivity contribution >= 4 is 23.3 Å². The van der Waals surface area contributed by atoms with E-state index in [0.717, 1.165) is 17.1 Å². The Bertz CT molecular complexity index is 658. The number of fused-ring (bicyclic) bond motifs is 1. The lowest BCUT2D eigenvalue weighted by molar-refractivity contribution is -0.116. The van der Waals surface area contributed by atoms with Gasteiger partial charge in [0.2, 0.25) is 12.7 Å². The van der Waals surface area contributed by atoms with E-state index in [1.54, 1.807) is 12.1 Å². The van der Waals surface area contributed by atoms with E-state index in [0.29, 0.717) is 23.7 Å². The first-order valence-corrected chi connectivity index (χ1v) is 6.88. The first kappa shape index (κ1) is 13.7. The molecule has 2 heterocycles. The van der Waals surface area contributed by atoms with E-state index in [1.807, 2.05) is 18.2 Å². The summed E-state index contributed by atoms with van der Waals surface area (Å²) < 4.78 is 10.6. The maximum atomic E-state index is 11.9. The van der Waals surface area contributed by atoms with Crippen LogP contribution in [0.5, 0.6) is 11.5 Å². The van der Waals surface area contributed by atoms with Crippen LogP contribution in [0.4, 0.5) is 5.82 Å². The molecule has 0 radical (unpaired) electrons. The number of hydrogen-bond donors (Lipinski definition) is 1. The number of ether oxygens (including phenoxy) is 2. The minimum absolute atomic E-state index is 0.0949. The second-order valence-corrected chi connectivity index (χ2v) is 5.03. The highest BCUT2D eigenvalue weighted by molar-refractivity contribution is 6.30. The van der Waals surface area contributed by atoms with E-state index < -0.39 is 0 Å². The van der Waals surface area contributed by atoms with Crippen LogP contribution in [0.3, 0.4) is 0 Å². The molecular formula is C15H13ClN2O3. The Morgan fingerprint density at radius 2 is 2.10 bits per heavy atom. The average Bonchev–Trinajstić information content (AvgIpc) is 2.95. The van der Waals surface area contributed by atoms with Crippen molar-refractivity contribution in [3.05, 3.63) is 47.1 Å². The lowest BCUT2D eigenvalue weighted by atomic mass is 10.1. The third-order valence-corrected chi connectivity index (χ3v) is 3.30. The highest BCUT2D eigenvalue weighted by Crippen LogP contribution is 2.32. The van der Waals surface area contributed by atoms with E-state index in [2.05, 4.69) is 10.3 Å². The summed E-state index contributed by atoms with van der Waals surface area (Å²) in [4.78, 5) is 15.9. The molecule has 1 aromatic heterocycles. The Hall–Kier alpha value is -2.27. The number of rotatable bonds is 4. The van der Waals surface area contributed by atoms with Gasteiger partial charge in [-0.25, -0.2) is 4.98 Å². The van der Waals surface area contributed by atoms with E-state index in [9.17, 15) is 4.79 Å². The lowest BCUT2D eigenvalue weighted by Gasteiger charge is -2.05. The van der Waals surface area contributed by atoms with E-state index in [1.165, 1.54) is 6.20 Å². The molecule has 0 unspecified atom stereocenters. The Morgan fingerprint density at radius 1 is 1.24 bits per heavy atom. The van der Waals surface area contributed by atoms with Crippen LogP contribution in [0.15, 0.2) is 36.5 Å². The van der Waals surface area contributed by atoms with Crippen LogP contribution in [0.25, 0.3) is 0 Å². The van der Waals surface area contributed by atoms with Gasteiger partial charge in [-0.15, -0.1) is 0 Å². The molecule has 3 rings (SSSR count). The summed E-state index contributed by atoms with van der Waals surface area (Å²) in [5.41, 5.74) is 1.03. The first-order chi connectivity index (χ1) is 10.2. The number of aromatic nitrogens is 1. The maximum Gasteiger partial charge on any atom is 0.231 e. The molecule has 1 aliphatic heterocycles. The van der Waals surface area contributed by atoms with Crippen LogP contribution in [0, 0.1) is 0 Å². The molecule has 0 atom stereocenters. The summed E-state index contributed by atoms with van der Waals surface area (Å²) in [6.07, 6.45) is 2.48. The Labute approximate surface area is 126 Å². The van der Waals surface area contributed by atoms with Gasteiger partial charge in [-0.2, -0.15) is 0 Å². The van der Waals surface area contributed by atoms with E-state index in [4.69, 9.17) is 21.1 Å². The minimum Gasteiger partial charge on any atom is -0.454 e. The molecule has 0 fully saturated rings. The molecule has 0 aliphatic carbocycles. The van der Waals surface area contributed by atoms with Crippen molar-refractivity contribution in [3.63, 3.8) is 0 Å². The number of benzene rings is 1. The van der Waals surface area contributed by atoms with Crippen molar-refractivity contribution < 1.29 is 14.3 Å². The van der Waals surface area contributed by atoms with Gasteiger partial charge in [0, 0.05) is 12.6 Å². The van der Waals surface area contributed by atoms with Crippen molar-refractivity contribution in [3.8, 4) is 11.5 Å². The molecular weight excluding hydrogens is 292 g/mol. The van der Waals surface area contributed by atoms with Crippen molar-refractivity contribution in [2.24, 2.45) is 0 Å². The molecule has 21 heavy (non-hydrogen) atoms. The van der Waals surface area contributed by atoms with Gasteiger partial charge in [-0.3, -0.25) is 4.79 Å². The third-order valence-electron chi connectivity index (χ3n) is 3.07.